The molecule has 0 radical (unpaired) electrons. The molecule has 0 fully saturated rings. The number of hydrogen-bond donors (Lipinski definition) is 0. The van der Waals surface area contributed by atoms with Gasteiger partial charge in [-0.3, -0.25) is 14.9 Å². The van der Waals surface area contributed by atoms with Gasteiger partial charge in [0.2, 0.25) is 0 Å². The molecule has 104 valence electrons. The van der Waals surface area contributed by atoms with E-state index in [1.54, 1.807) is 7.05 Å². The summed E-state index contributed by atoms with van der Waals surface area (Å²) in [6.07, 6.45) is 0. The molecule has 0 bridgehead atoms. The topological polar surface area (TPSA) is 72.7 Å². The molecule has 0 N–H and O–H groups in total. The van der Waals surface area contributed by atoms with E-state index in [-0.39, 0.29) is 15.6 Å². The summed E-state index contributed by atoms with van der Waals surface area (Å²) in [4.78, 5) is 23.5. The van der Waals surface area contributed by atoms with Crippen LogP contribution in [0.15, 0.2) is 12.1 Å². The quantitative estimate of drug-likeness (QED) is 0.619. The van der Waals surface area contributed by atoms with E-state index in [0.29, 0.717) is 13.2 Å². The number of nitro benzene ring substituents is 1. The molecule has 1 rings (SSSR count). The largest absolute Gasteiger partial charge is 0.383 e. The summed E-state index contributed by atoms with van der Waals surface area (Å²) in [7, 11) is 3.08. The number of benzene rings is 1. The molecule has 0 aliphatic heterocycles. The Balaban J connectivity index is 3.07. The number of nitro groups is 1. The third-order valence-electron chi connectivity index (χ3n) is 2.43. The Kier molecular flexibility index (Phi) is 5.53. The number of rotatable bonds is 5. The third kappa shape index (κ3) is 3.79. The van der Waals surface area contributed by atoms with Crippen LogP contribution in [0, 0.1) is 10.1 Å². The van der Waals surface area contributed by atoms with Gasteiger partial charge in [0, 0.05) is 32.3 Å². The second kappa shape index (κ2) is 6.70. The van der Waals surface area contributed by atoms with Crippen molar-refractivity contribution in [2.24, 2.45) is 0 Å². The number of amides is 1. The molecule has 0 aliphatic rings. The lowest BCUT2D eigenvalue weighted by atomic mass is 10.1. The van der Waals surface area contributed by atoms with Crippen molar-refractivity contribution in [1.29, 1.82) is 0 Å². The molecule has 0 saturated heterocycles. The zero-order chi connectivity index (χ0) is 14.6. The first-order chi connectivity index (χ1) is 8.88. The number of ether oxygens (including phenoxy) is 1. The predicted molar refractivity (Wildman–Crippen MR) is 72.0 cm³/mol. The zero-order valence-electron chi connectivity index (χ0n) is 10.4. The standard InChI is InChI=1S/C11H12Cl2N2O4/c1-14(3-4-19-2)11(16)7-5-8(12)10(13)9(6-7)15(17)18/h5-6H,3-4H2,1-2H3. The van der Waals surface area contributed by atoms with Crippen molar-refractivity contribution in [2.75, 3.05) is 27.3 Å². The number of halogens is 2. The van der Waals surface area contributed by atoms with Gasteiger partial charge in [-0.05, 0) is 6.07 Å². The summed E-state index contributed by atoms with van der Waals surface area (Å²) in [5.74, 6) is -0.390. The maximum atomic E-state index is 12.0. The fourth-order valence-corrected chi connectivity index (χ4v) is 1.77. The van der Waals surface area contributed by atoms with Crippen molar-refractivity contribution < 1.29 is 14.5 Å². The second-order valence-corrected chi connectivity index (χ2v) is 4.55. The van der Waals surface area contributed by atoms with Gasteiger partial charge in [0.15, 0.2) is 0 Å². The van der Waals surface area contributed by atoms with E-state index in [4.69, 9.17) is 27.9 Å². The Morgan fingerprint density at radius 1 is 1.47 bits per heavy atom. The van der Waals surface area contributed by atoms with Crippen molar-refractivity contribution in [3.63, 3.8) is 0 Å². The van der Waals surface area contributed by atoms with Crippen LogP contribution in [0.25, 0.3) is 0 Å². The van der Waals surface area contributed by atoms with Crippen LogP contribution in [0.2, 0.25) is 10.0 Å². The highest BCUT2D eigenvalue weighted by molar-refractivity contribution is 6.43. The number of nitrogens with zero attached hydrogens (tertiary/aromatic N) is 2. The molecule has 0 saturated carbocycles. The lowest BCUT2D eigenvalue weighted by Gasteiger charge is -2.16. The molecule has 0 spiro atoms. The summed E-state index contributed by atoms with van der Waals surface area (Å²) in [6.45, 7) is 0.731. The molecule has 0 atom stereocenters. The van der Waals surface area contributed by atoms with Gasteiger partial charge in [-0.2, -0.15) is 0 Å². The van der Waals surface area contributed by atoms with Crippen LogP contribution in [0.3, 0.4) is 0 Å². The number of carbonyl (C=O) groups is 1. The lowest BCUT2D eigenvalue weighted by Crippen LogP contribution is -2.30. The van der Waals surface area contributed by atoms with E-state index < -0.39 is 16.5 Å². The van der Waals surface area contributed by atoms with Gasteiger partial charge in [-0.15, -0.1) is 0 Å². The second-order valence-electron chi connectivity index (χ2n) is 3.77. The van der Waals surface area contributed by atoms with Crippen LogP contribution in [-0.4, -0.2) is 43.0 Å². The first-order valence-corrected chi connectivity index (χ1v) is 6.02. The molecule has 0 aromatic heterocycles. The van der Waals surface area contributed by atoms with Gasteiger partial charge in [0.05, 0.1) is 16.6 Å². The Hall–Kier alpha value is -1.37. The average Bonchev–Trinajstić information content (AvgIpc) is 2.37. The fraction of sp³-hybridized carbons (Fsp3) is 0.364. The normalized spacial score (nSPS) is 10.3. The van der Waals surface area contributed by atoms with Crippen molar-refractivity contribution in [3.05, 3.63) is 37.9 Å². The molecule has 1 amide bonds. The van der Waals surface area contributed by atoms with Crippen molar-refractivity contribution in [1.82, 2.24) is 4.90 Å². The summed E-state index contributed by atoms with van der Waals surface area (Å²) in [5.41, 5.74) is -0.280. The Morgan fingerprint density at radius 3 is 2.63 bits per heavy atom. The molecule has 0 unspecified atom stereocenters. The highest BCUT2D eigenvalue weighted by atomic mass is 35.5. The van der Waals surface area contributed by atoms with E-state index in [1.165, 1.54) is 18.1 Å². The van der Waals surface area contributed by atoms with Crippen LogP contribution in [0.1, 0.15) is 10.4 Å². The molecule has 0 heterocycles. The highest BCUT2D eigenvalue weighted by Crippen LogP contribution is 2.33. The molecule has 6 nitrogen and oxygen atoms in total. The number of methoxy groups -OCH3 is 1. The average molecular weight is 307 g/mol. The SMILES string of the molecule is COCCN(C)C(=O)c1cc(Cl)c(Cl)c([N+](=O)[O-])c1. The molecule has 1 aromatic carbocycles. The van der Waals surface area contributed by atoms with Crippen LogP contribution < -0.4 is 0 Å². The Bertz CT molecular complexity index is 508. The fourth-order valence-electron chi connectivity index (χ4n) is 1.38. The molecule has 1 aromatic rings. The molecule has 19 heavy (non-hydrogen) atoms. The lowest BCUT2D eigenvalue weighted by molar-refractivity contribution is -0.384. The smallest absolute Gasteiger partial charge is 0.290 e. The molecule has 8 heteroatoms. The minimum atomic E-state index is -0.680. The molecular formula is C11H12Cl2N2O4. The van der Waals surface area contributed by atoms with Crippen molar-refractivity contribution in [2.45, 2.75) is 0 Å². The molecule has 0 aliphatic carbocycles. The van der Waals surface area contributed by atoms with Gasteiger partial charge in [0.25, 0.3) is 11.6 Å². The van der Waals surface area contributed by atoms with Crippen LogP contribution in [0.5, 0.6) is 0 Å². The van der Waals surface area contributed by atoms with E-state index in [9.17, 15) is 14.9 Å². The van der Waals surface area contributed by atoms with Gasteiger partial charge in [-0.1, -0.05) is 23.2 Å². The third-order valence-corrected chi connectivity index (χ3v) is 3.22. The summed E-state index contributed by atoms with van der Waals surface area (Å²) in [6, 6.07) is 2.42. The minimum Gasteiger partial charge on any atom is -0.383 e. The van der Waals surface area contributed by atoms with Gasteiger partial charge in [-0.25, -0.2) is 0 Å². The Morgan fingerprint density at radius 2 is 2.11 bits per heavy atom. The molecular weight excluding hydrogens is 295 g/mol. The summed E-state index contributed by atoms with van der Waals surface area (Å²) < 4.78 is 4.85. The van der Waals surface area contributed by atoms with Gasteiger partial charge >= 0.3 is 0 Å². The van der Waals surface area contributed by atoms with Crippen molar-refractivity contribution >= 4 is 34.8 Å². The van der Waals surface area contributed by atoms with Crippen LogP contribution in [-0.2, 0) is 4.74 Å². The number of likely N-dealkylation sites (N-methyl/N-ethyl adjacent to an activating group) is 1. The maximum Gasteiger partial charge on any atom is 0.290 e. The number of carbonyl (C=O) groups excluding carboxylic acids is 1. The maximum absolute atomic E-state index is 12.0. The highest BCUT2D eigenvalue weighted by Gasteiger charge is 2.21. The Labute approximate surface area is 120 Å². The van der Waals surface area contributed by atoms with E-state index in [2.05, 4.69) is 0 Å². The van der Waals surface area contributed by atoms with E-state index in [1.807, 2.05) is 0 Å². The van der Waals surface area contributed by atoms with E-state index in [0.717, 1.165) is 6.07 Å². The van der Waals surface area contributed by atoms with Crippen LogP contribution >= 0.6 is 23.2 Å². The summed E-state index contributed by atoms with van der Waals surface area (Å²) >= 11 is 11.5. The van der Waals surface area contributed by atoms with E-state index >= 15 is 0 Å². The van der Waals surface area contributed by atoms with Gasteiger partial charge in [0.1, 0.15) is 5.02 Å². The first kappa shape index (κ1) is 15.7. The zero-order valence-corrected chi connectivity index (χ0v) is 11.9. The van der Waals surface area contributed by atoms with Gasteiger partial charge < -0.3 is 9.64 Å². The predicted octanol–water partition coefficient (Wildman–Crippen LogP) is 2.62. The monoisotopic (exact) mass is 306 g/mol. The first-order valence-electron chi connectivity index (χ1n) is 5.26. The summed E-state index contributed by atoms with van der Waals surface area (Å²) in [5, 5.41) is 10.6. The minimum absolute atomic E-state index is 0.0284. The van der Waals surface area contributed by atoms with Crippen LogP contribution in [0.4, 0.5) is 5.69 Å². The number of hydrogen-bond acceptors (Lipinski definition) is 4. The van der Waals surface area contributed by atoms with Crippen molar-refractivity contribution in [3.8, 4) is 0 Å².